The summed E-state index contributed by atoms with van der Waals surface area (Å²) in [4.78, 5) is 20.0. The number of nitrogens with zero attached hydrogens (tertiary/aromatic N) is 3. The molecule has 0 radical (unpaired) electrons. The van der Waals surface area contributed by atoms with Gasteiger partial charge in [-0.1, -0.05) is 24.3 Å². The summed E-state index contributed by atoms with van der Waals surface area (Å²) in [5, 5.41) is 3.52. The van der Waals surface area contributed by atoms with Gasteiger partial charge < -0.3 is 14.8 Å². The molecule has 7 rings (SSSR count). The zero-order chi connectivity index (χ0) is 30.7. The van der Waals surface area contributed by atoms with Crippen LogP contribution in [0, 0.1) is 11.6 Å². The normalized spacial score (nSPS) is 19.0. The Kier molecular flexibility index (Phi) is 6.62. The van der Waals surface area contributed by atoms with Crippen molar-refractivity contribution in [3.63, 3.8) is 0 Å². The molecule has 222 valence electrons. The van der Waals surface area contributed by atoms with Crippen LogP contribution in [0.2, 0.25) is 0 Å². The molecule has 4 heterocycles. The van der Waals surface area contributed by atoms with E-state index in [4.69, 9.17) is 0 Å². The maximum absolute atomic E-state index is 15.5. The van der Waals surface area contributed by atoms with Crippen molar-refractivity contribution in [3.05, 3.63) is 141 Å². The number of allylic oxidation sites excluding steroid dienone is 1. The van der Waals surface area contributed by atoms with E-state index in [0.717, 1.165) is 34.7 Å². The van der Waals surface area contributed by atoms with Gasteiger partial charge in [0.05, 0.1) is 34.4 Å². The zero-order valence-electron chi connectivity index (χ0n) is 24.0. The van der Waals surface area contributed by atoms with Gasteiger partial charge in [0.1, 0.15) is 11.6 Å². The van der Waals surface area contributed by atoms with Crippen LogP contribution in [-0.4, -0.2) is 42.6 Å². The second-order valence-corrected chi connectivity index (χ2v) is 13.5. The molecule has 0 amide bonds. The maximum atomic E-state index is 15.5. The maximum Gasteiger partial charge on any atom is 0.260 e. The minimum Gasteiger partial charge on any atom is -0.383 e. The van der Waals surface area contributed by atoms with Crippen molar-refractivity contribution in [2.45, 2.75) is 12.0 Å². The molecule has 0 spiro atoms. The monoisotopic (exact) mass is 610 g/mol. The topological polar surface area (TPSA) is 84.3 Å². The predicted molar refractivity (Wildman–Crippen MR) is 167 cm³/mol. The van der Waals surface area contributed by atoms with Crippen molar-refractivity contribution < 1.29 is 17.2 Å². The average Bonchev–Trinajstić information content (AvgIpc) is 3.30. The number of anilines is 1. The quantitative estimate of drug-likeness (QED) is 0.341. The third kappa shape index (κ3) is 4.75. The first-order chi connectivity index (χ1) is 21.1. The molecular weight excluding hydrogens is 582 g/mol. The number of nitrogens with one attached hydrogen (secondary N) is 1. The van der Waals surface area contributed by atoms with Crippen LogP contribution in [0.15, 0.2) is 107 Å². The molecule has 2 aromatic carbocycles. The highest BCUT2D eigenvalue weighted by molar-refractivity contribution is 7.91. The molecule has 0 saturated carbocycles. The summed E-state index contributed by atoms with van der Waals surface area (Å²) in [6.45, 7) is 0.397. The summed E-state index contributed by atoms with van der Waals surface area (Å²) in [5.74, 6) is -1.94. The third-order valence-corrected chi connectivity index (χ3v) is 9.24. The van der Waals surface area contributed by atoms with Gasteiger partial charge in [-0.05, 0) is 64.7 Å². The van der Waals surface area contributed by atoms with E-state index in [0.29, 0.717) is 34.5 Å². The number of halogens is 2. The Labute approximate surface area is 253 Å². The first kappa shape index (κ1) is 28.0. The smallest absolute Gasteiger partial charge is 0.260 e. The van der Waals surface area contributed by atoms with Gasteiger partial charge in [0.15, 0.2) is 9.84 Å². The molecule has 44 heavy (non-hydrogen) atoms. The highest BCUT2D eigenvalue weighted by atomic mass is 32.2. The van der Waals surface area contributed by atoms with Crippen molar-refractivity contribution in [3.8, 4) is 11.3 Å². The van der Waals surface area contributed by atoms with E-state index in [9.17, 15) is 17.6 Å². The minimum absolute atomic E-state index is 0.177. The molecule has 2 atom stereocenters. The van der Waals surface area contributed by atoms with Gasteiger partial charge in [0.2, 0.25) is 0 Å². The molecule has 7 nitrogen and oxygen atoms in total. The number of pyridine rings is 2. The van der Waals surface area contributed by atoms with E-state index in [1.807, 2.05) is 36.4 Å². The van der Waals surface area contributed by atoms with Crippen LogP contribution in [0.3, 0.4) is 0 Å². The number of fused-ring (bicyclic) bond motifs is 2. The van der Waals surface area contributed by atoms with Gasteiger partial charge in [0, 0.05) is 61.6 Å². The van der Waals surface area contributed by atoms with E-state index in [1.165, 1.54) is 16.7 Å². The summed E-state index contributed by atoms with van der Waals surface area (Å²) >= 11 is 0. The zero-order valence-corrected chi connectivity index (χ0v) is 24.8. The Balaban J connectivity index is 1.47. The molecule has 10 heteroatoms. The van der Waals surface area contributed by atoms with E-state index in [1.54, 1.807) is 42.7 Å². The highest BCUT2D eigenvalue weighted by Gasteiger charge is 2.44. The number of sulfone groups is 1. The molecule has 0 bridgehead atoms. The first-order valence-electron chi connectivity index (χ1n) is 14.1. The summed E-state index contributed by atoms with van der Waals surface area (Å²) in [7, 11) is -1.83. The second-order valence-electron chi connectivity index (χ2n) is 11.4. The lowest BCUT2D eigenvalue weighted by Gasteiger charge is -2.39. The number of rotatable bonds is 5. The molecule has 1 aliphatic carbocycles. The van der Waals surface area contributed by atoms with Gasteiger partial charge in [-0.15, -0.1) is 0 Å². The largest absolute Gasteiger partial charge is 0.383 e. The number of aryl methyl sites for hydroxylation is 1. The minimum atomic E-state index is -3.48. The number of aromatic nitrogens is 2. The standard InChI is InChI=1S/C34H28F2N4O3S/c1-39-13-11-25-23(19-44(2,42)43)15-22-18-40(29-10-9-24(35)16-27(29)36)33-26(17-38-32(30(22)33)31(25)34(39)41)20-6-5-7-21(14-20)28-8-3-4-12-37-28/h3-16,18,26,33,38H,17,19H2,1-2H3. The SMILES string of the molecule is Cn1ccc2c(c1=O)C1=C3C(=CN(c4ccc(F)cc4F)C3C(c3cccc(-c4ccccn4)c3)CN1)C=C2CS(C)(=O)=O. The third-order valence-electron chi connectivity index (χ3n) is 8.41. The van der Waals surface area contributed by atoms with Crippen LogP contribution < -0.4 is 15.8 Å². The van der Waals surface area contributed by atoms with Gasteiger partial charge in [-0.2, -0.15) is 0 Å². The number of benzene rings is 2. The van der Waals surface area contributed by atoms with Crippen LogP contribution in [0.4, 0.5) is 14.5 Å². The Morgan fingerprint density at radius 1 is 1.05 bits per heavy atom. The lowest BCUT2D eigenvalue weighted by atomic mass is 9.80. The van der Waals surface area contributed by atoms with Crippen LogP contribution in [0.1, 0.15) is 22.6 Å². The van der Waals surface area contributed by atoms with Crippen molar-refractivity contribution in [1.82, 2.24) is 14.9 Å². The van der Waals surface area contributed by atoms with E-state index < -0.39 is 27.5 Å². The summed E-state index contributed by atoms with van der Waals surface area (Å²) < 4.78 is 56.1. The van der Waals surface area contributed by atoms with E-state index in [2.05, 4.69) is 16.4 Å². The Morgan fingerprint density at radius 3 is 2.64 bits per heavy atom. The molecule has 2 aromatic heterocycles. The molecule has 1 N–H and O–H groups in total. The van der Waals surface area contributed by atoms with Gasteiger partial charge >= 0.3 is 0 Å². The van der Waals surface area contributed by atoms with Gasteiger partial charge in [0.25, 0.3) is 5.56 Å². The molecular formula is C34H28F2N4O3S. The first-order valence-corrected chi connectivity index (χ1v) is 16.2. The van der Waals surface area contributed by atoms with Crippen LogP contribution >= 0.6 is 0 Å². The molecule has 4 aromatic rings. The number of hydrogen-bond acceptors (Lipinski definition) is 6. The second kappa shape index (κ2) is 10.4. The lowest BCUT2D eigenvalue weighted by molar-refractivity contribution is 0.536. The molecule has 2 unspecified atom stereocenters. The summed E-state index contributed by atoms with van der Waals surface area (Å²) in [6.07, 6.45) is 8.07. The fraction of sp³-hybridized carbons (Fsp3) is 0.176. The van der Waals surface area contributed by atoms with E-state index in [-0.39, 0.29) is 22.9 Å². The van der Waals surface area contributed by atoms with Crippen molar-refractivity contribution >= 4 is 26.8 Å². The van der Waals surface area contributed by atoms with Gasteiger partial charge in [-0.3, -0.25) is 9.78 Å². The molecule has 3 aliphatic rings. The summed E-state index contributed by atoms with van der Waals surface area (Å²) in [5.41, 5.74) is 5.96. The van der Waals surface area contributed by atoms with Crippen molar-refractivity contribution in [2.24, 2.45) is 7.05 Å². The van der Waals surface area contributed by atoms with Gasteiger partial charge in [-0.25, -0.2) is 17.2 Å². The van der Waals surface area contributed by atoms with E-state index >= 15 is 4.39 Å². The average molecular weight is 611 g/mol. The molecule has 0 saturated heterocycles. The molecule has 0 fully saturated rings. The van der Waals surface area contributed by atoms with Crippen LogP contribution in [0.5, 0.6) is 0 Å². The Bertz CT molecular complexity index is 2100. The fourth-order valence-corrected chi connectivity index (χ4v) is 7.34. The van der Waals surface area contributed by atoms with Crippen molar-refractivity contribution in [1.29, 1.82) is 0 Å². The Hall–Kier alpha value is -4.83. The Morgan fingerprint density at radius 2 is 1.89 bits per heavy atom. The highest BCUT2D eigenvalue weighted by Crippen LogP contribution is 2.48. The predicted octanol–water partition coefficient (Wildman–Crippen LogP) is 5.04. The van der Waals surface area contributed by atoms with Crippen LogP contribution in [-0.2, 0) is 16.9 Å². The van der Waals surface area contributed by atoms with Crippen LogP contribution in [0.25, 0.3) is 22.5 Å². The lowest BCUT2D eigenvalue weighted by Crippen LogP contribution is -2.44. The number of hydrogen-bond donors (Lipinski definition) is 1. The molecule has 2 aliphatic heterocycles. The fourth-order valence-electron chi connectivity index (χ4n) is 6.53. The summed E-state index contributed by atoms with van der Waals surface area (Å²) in [6, 6.07) is 18.5. The van der Waals surface area contributed by atoms with Crippen molar-refractivity contribution in [2.75, 3.05) is 23.5 Å².